The number of hydrogen-bond donors (Lipinski definition) is 0. The molecule has 1 aliphatic carbocycles. The zero-order chi connectivity index (χ0) is 14.1. The molecule has 0 radical (unpaired) electrons. The van der Waals surface area contributed by atoms with Crippen molar-refractivity contribution >= 4 is 11.8 Å². The van der Waals surface area contributed by atoms with E-state index in [0.29, 0.717) is 25.0 Å². The van der Waals surface area contributed by atoms with E-state index in [1.165, 1.54) is 19.3 Å². The highest BCUT2D eigenvalue weighted by Gasteiger charge is 2.41. The Morgan fingerprint density at radius 1 is 1.10 bits per heavy atom. The number of carbonyl (C=O) groups is 2. The molecule has 0 N–H and O–H groups in total. The fourth-order valence-corrected chi connectivity index (χ4v) is 4.13. The largest absolute Gasteiger partial charge is 0.340 e. The van der Waals surface area contributed by atoms with Crippen LogP contribution in [-0.4, -0.2) is 46.8 Å². The zero-order valence-electron chi connectivity index (χ0n) is 12.5. The number of hydrogen-bond acceptors (Lipinski definition) is 2. The molecule has 2 amide bonds. The summed E-state index contributed by atoms with van der Waals surface area (Å²) in [5.74, 6) is 0.356. The summed E-state index contributed by atoms with van der Waals surface area (Å²) in [6.07, 6.45) is 8.62. The first-order valence-corrected chi connectivity index (χ1v) is 8.27. The summed E-state index contributed by atoms with van der Waals surface area (Å²) in [4.78, 5) is 28.9. The monoisotopic (exact) mass is 278 g/mol. The standard InChI is InChI=1S/C16H26N2O2/c1-12-6-4-5-9-17(12)16(20)13-10-15(19)18(11-13)14-7-2-3-8-14/h12-14H,2-11H2,1H3/t12-,13+/m1/s1. The fourth-order valence-electron chi connectivity index (χ4n) is 4.13. The molecule has 0 bridgehead atoms. The molecule has 1 saturated carbocycles. The smallest absolute Gasteiger partial charge is 0.228 e. The Balaban J connectivity index is 1.63. The van der Waals surface area contributed by atoms with E-state index >= 15 is 0 Å². The fraction of sp³-hybridized carbons (Fsp3) is 0.875. The van der Waals surface area contributed by atoms with Gasteiger partial charge in [0.1, 0.15) is 0 Å². The second-order valence-electron chi connectivity index (χ2n) is 6.76. The number of nitrogens with zero attached hydrogens (tertiary/aromatic N) is 2. The number of carbonyl (C=O) groups excluding carboxylic acids is 2. The summed E-state index contributed by atoms with van der Waals surface area (Å²) in [5, 5.41) is 0. The predicted molar refractivity (Wildman–Crippen MR) is 77.1 cm³/mol. The lowest BCUT2D eigenvalue weighted by Crippen LogP contribution is -2.46. The molecular weight excluding hydrogens is 252 g/mol. The first-order valence-electron chi connectivity index (χ1n) is 8.27. The van der Waals surface area contributed by atoms with E-state index in [1.807, 2.05) is 9.80 Å². The van der Waals surface area contributed by atoms with Crippen LogP contribution in [-0.2, 0) is 9.59 Å². The summed E-state index contributed by atoms with van der Waals surface area (Å²) < 4.78 is 0. The molecule has 0 unspecified atom stereocenters. The first kappa shape index (κ1) is 13.9. The number of rotatable bonds is 2. The minimum Gasteiger partial charge on any atom is -0.340 e. The van der Waals surface area contributed by atoms with Gasteiger partial charge in [0.2, 0.25) is 11.8 Å². The lowest BCUT2D eigenvalue weighted by atomic mass is 9.99. The van der Waals surface area contributed by atoms with Crippen LogP contribution in [0.4, 0.5) is 0 Å². The van der Waals surface area contributed by atoms with Gasteiger partial charge in [-0.05, 0) is 39.0 Å². The molecule has 3 fully saturated rings. The normalized spacial score (nSPS) is 32.1. The molecule has 3 rings (SSSR count). The molecule has 0 aromatic heterocycles. The van der Waals surface area contributed by atoms with E-state index < -0.39 is 0 Å². The van der Waals surface area contributed by atoms with E-state index in [4.69, 9.17) is 0 Å². The van der Waals surface area contributed by atoms with Gasteiger partial charge in [0, 0.05) is 31.6 Å². The highest BCUT2D eigenvalue weighted by Crippen LogP contribution is 2.31. The summed E-state index contributed by atoms with van der Waals surface area (Å²) in [5.41, 5.74) is 0. The van der Waals surface area contributed by atoms with Crippen LogP contribution in [0, 0.1) is 5.92 Å². The van der Waals surface area contributed by atoms with Crippen molar-refractivity contribution in [3.05, 3.63) is 0 Å². The second kappa shape index (κ2) is 5.74. The molecule has 3 aliphatic rings. The van der Waals surface area contributed by atoms with Crippen molar-refractivity contribution in [2.45, 2.75) is 70.4 Å². The van der Waals surface area contributed by atoms with Gasteiger partial charge in [-0.2, -0.15) is 0 Å². The first-order chi connectivity index (χ1) is 9.66. The maximum Gasteiger partial charge on any atom is 0.228 e. The quantitative estimate of drug-likeness (QED) is 0.777. The summed E-state index contributed by atoms with van der Waals surface area (Å²) >= 11 is 0. The molecule has 2 saturated heterocycles. The van der Waals surface area contributed by atoms with Gasteiger partial charge in [-0.3, -0.25) is 9.59 Å². The van der Waals surface area contributed by atoms with E-state index in [9.17, 15) is 9.59 Å². The van der Waals surface area contributed by atoms with Crippen molar-refractivity contribution in [2.24, 2.45) is 5.92 Å². The van der Waals surface area contributed by atoms with Crippen LogP contribution >= 0.6 is 0 Å². The molecule has 0 aromatic carbocycles. The summed E-state index contributed by atoms with van der Waals surface area (Å²) in [6, 6.07) is 0.769. The highest BCUT2D eigenvalue weighted by molar-refractivity contribution is 5.89. The van der Waals surface area contributed by atoms with Crippen molar-refractivity contribution < 1.29 is 9.59 Å². The van der Waals surface area contributed by atoms with Gasteiger partial charge in [0.25, 0.3) is 0 Å². The molecule has 2 heterocycles. The number of amides is 2. The molecule has 4 heteroatoms. The Kier molecular flexibility index (Phi) is 3.99. The van der Waals surface area contributed by atoms with E-state index in [1.54, 1.807) is 0 Å². The molecule has 0 spiro atoms. The highest BCUT2D eigenvalue weighted by atomic mass is 16.2. The van der Waals surface area contributed by atoms with Crippen molar-refractivity contribution in [1.82, 2.24) is 9.80 Å². The van der Waals surface area contributed by atoms with Gasteiger partial charge >= 0.3 is 0 Å². The van der Waals surface area contributed by atoms with Crippen molar-refractivity contribution in [1.29, 1.82) is 0 Å². The average molecular weight is 278 g/mol. The van der Waals surface area contributed by atoms with Gasteiger partial charge in [-0.15, -0.1) is 0 Å². The van der Waals surface area contributed by atoms with E-state index in [-0.39, 0.29) is 17.7 Å². The third-order valence-electron chi connectivity index (χ3n) is 5.36. The van der Waals surface area contributed by atoms with Crippen molar-refractivity contribution in [2.75, 3.05) is 13.1 Å². The lowest BCUT2D eigenvalue weighted by molar-refractivity contribution is -0.139. The van der Waals surface area contributed by atoms with E-state index in [2.05, 4.69) is 6.92 Å². The van der Waals surface area contributed by atoms with Crippen LogP contribution in [0.2, 0.25) is 0 Å². The lowest BCUT2D eigenvalue weighted by Gasteiger charge is -2.35. The molecule has 0 aromatic rings. The minimum absolute atomic E-state index is 0.0800. The van der Waals surface area contributed by atoms with Crippen LogP contribution in [0.5, 0.6) is 0 Å². The molecular formula is C16H26N2O2. The number of piperidine rings is 1. The van der Waals surface area contributed by atoms with Gasteiger partial charge in [-0.1, -0.05) is 12.8 Å². The Morgan fingerprint density at radius 3 is 2.50 bits per heavy atom. The van der Waals surface area contributed by atoms with Crippen molar-refractivity contribution in [3.8, 4) is 0 Å². The van der Waals surface area contributed by atoms with Gasteiger partial charge in [-0.25, -0.2) is 0 Å². The maximum absolute atomic E-state index is 12.7. The Labute approximate surface area is 121 Å². The molecule has 20 heavy (non-hydrogen) atoms. The third kappa shape index (κ3) is 2.57. The minimum atomic E-state index is -0.0800. The zero-order valence-corrected chi connectivity index (χ0v) is 12.5. The molecule has 4 nitrogen and oxygen atoms in total. The third-order valence-corrected chi connectivity index (χ3v) is 5.36. The maximum atomic E-state index is 12.7. The van der Waals surface area contributed by atoms with Gasteiger partial charge < -0.3 is 9.80 Å². The second-order valence-corrected chi connectivity index (χ2v) is 6.76. The van der Waals surface area contributed by atoms with Crippen LogP contribution in [0.3, 0.4) is 0 Å². The summed E-state index contributed by atoms with van der Waals surface area (Å²) in [6.45, 7) is 3.70. The van der Waals surface area contributed by atoms with Crippen molar-refractivity contribution in [3.63, 3.8) is 0 Å². The SMILES string of the molecule is C[C@@H]1CCCCN1C(=O)[C@H]1CC(=O)N(C2CCCC2)C1. The van der Waals surface area contributed by atoms with Crippen LogP contribution in [0.15, 0.2) is 0 Å². The predicted octanol–water partition coefficient (Wildman–Crippen LogP) is 2.18. The van der Waals surface area contributed by atoms with E-state index in [0.717, 1.165) is 32.2 Å². The van der Waals surface area contributed by atoms with Crippen LogP contribution < -0.4 is 0 Å². The average Bonchev–Trinajstić information content (AvgIpc) is 3.07. The van der Waals surface area contributed by atoms with Crippen LogP contribution in [0.1, 0.15) is 58.3 Å². The Morgan fingerprint density at radius 2 is 1.80 bits per heavy atom. The topological polar surface area (TPSA) is 40.6 Å². The van der Waals surface area contributed by atoms with Crippen LogP contribution in [0.25, 0.3) is 0 Å². The molecule has 112 valence electrons. The summed E-state index contributed by atoms with van der Waals surface area (Å²) in [7, 11) is 0. The Hall–Kier alpha value is -1.06. The van der Waals surface area contributed by atoms with Gasteiger partial charge in [0.05, 0.1) is 5.92 Å². The number of likely N-dealkylation sites (tertiary alicyclic amines) is 2. The Bertz CT molecular complexity index is 390. The van der Waals surface area contributed by atoms with Gasteiger partial charge in [0.15, 0.2) is 0 Å². The molecule has 2 atom stereocenters. The molecule has 2 aliphatic heterocycles.